The van der Waals surface area contributed by atoms with Crippen molar-refractivity contribution in [2.75, 3.05) is 26.2 Å². The number of hydrogen-bond donors (Lipinski definition) is 1. The fourth-order valence-electron chi connectivity index (χ4n) is 2.80. The molecule has 2 fully saturated rings. The molecule has 1 aromatic rings. The van der Waals surface area contributed by atoms with Crippen molar-refractivity contribution in [3.05, 3.63) is 23.1 Å². The Morgan fingerprint density at radius 2 is 2.24 bits per heavy atom. The normalized spacial score (nSPS) is 28.2. The van der Waals surface area contributed by atoms with Crippen LogP contribution in [0.25, 0.3) is 0 Å². The standard InChI is InChI=1S/C12H15ClN2O2/c13-11-2-1-10(17-11)12(16)15-4-3-8-5-14-6-9(8)7-15/h1-2,8-9,14H,3-7H2. The number of amides is 1. The van der Waals surface area contributed by atoms with Gasteiger partial charge in [-0.2, -0.15) is 0 Å². The van der Waals surface area contributed by atoms with Crippen molar-refractivity contribution < 1.29 is 9.21 Å². The van der Waals surface area contributed by atoms with Crippen LogP contribution in [0.3, 0.4) is 0 Å². The summed E-state index contributed by atoms with van der Waals surface area (Å²) in [5.41, 5.74) is 0. The summed E-state index contributed by atoms with van der Waals surface area (Å²) in [6.07, 6.45) is 1.08. The second kappa shape index (κ2) is 4.35. The van der Waals surface area contributed by atoms with Gasteiger partial charge in [0.2, 0.25) is 0 Å². The van der Waals surface area contributed by atoms with E-state index >= 15 is 0 Å². The quantitative estimate of drug-likeness (QED) is 0.828. The van der Waals surface area contributed by atoms with Crippen LogP contribution in [0.1, 0.15) is 17.0 Å². The molecule has 0 radical (unpaired) electrons. The van der Waals surface area contributed by atoms with E-state index in [1.807, 2.05) is 4.90 Å². The zero-order valence-corrected chi connectivity index (χ0v) is 10.2. The fraction of sp³-hybridized carbons (Fsp3) is 0.583. The van der Waals surface area contributed by atoms with Crippen molar-refractivity contribution in [1.29, 1.82) is 0 Å². The largest absolute Gasteiger partial charge is 0.440 e. The zero-order valence-electron chi connectivity index (χ0n) is 9.49. The van der Waals surface area contributed by atoms with E-state index in [2.05, 4.69) is 5.32 Å². The third kappa shape index (κ3) is 2.07. The first-order valence-corrected chi connectivity index (χ1v) is 6.37. The van der Waals surface area contributed by atoms with E-state index in [-0.39, 0.29) is 11.1 Å². The van der Waals surface area contributed by atoms with Crippen LogP contribution in [0.2, 0.25) is 5.22 Å². The average Bonchev–Trinajstić information content (AvgIpc) is 2.95. The summed E-state index contributed by atoms with van der Waals surface area (Å²) in [6.45, 7) is 3.77. The summed E-state index contributed by atoms with van der Waals surface area (Å²) < 4.78 is 5.17. The van der Waals surface area contributed by atoms with E-state index in [4.69, 9.17) is 16.0 Å². The molecule has 0 aromatic carbocycles. The lowest BCUT2D eigenvalue weighted by molar-refractivity contribution is 0.0611. The molecular formula is C12H15ClN2O2. The van der Waals surface area contributed by atoms with Crippen molar-refractivity contribution in [2.24, 2.45) is 11.8 Å². The molecule has 5 heteroatoms. The Morgan fingerprint density at radius 3 is 3.00 bits per heavy atom. The molecular weight excluding hydrogens is 240 g/mol. The number of nitrogens with one attached hydrogen (secondary N) is 1. The van der Waals surface area contributed by atoms with Gasteiger partial charge in [-0.1, -0.05) is 0 Å². The van der Waals surface area contributed by atoms with Crippen LogP contribution in [-0.4, -0.2) is 37.0 Å². The van der Waals surface area contributed by atoms with Gasteiger partial charge in [-0.05, 0) is 55.1 Å². The summed E-state index contributed by atoms with van der Waals surface area (Å²) in [4.78, 5) is 14.0. The van der Waals surface area contributed by atoms with Gasteiger partial charge in [0.25, 0.3) is 5.91 Å². The highest BCUT2D eigenvalue weighted by Gasteiger charge is 2.35. The molecule has 0 bridgehead atoms. The second-order valence-electron chi connectivity index (χ2n) is 4.82. The minimum absolute atomic E-state index is 0.0396. The van der Waals surface area contributed by atoms with Crippen LogP contribution in [0.15, 0.2) is 16.5 Å². The van der Waals surface area contributed by atoms with Gasteiger partial charge >= 0.3 is 0 Å². The fourth-order valence-corrected chi connectivity index (χ4v) is 2.95. The Labute approximate surface area is 105 Å². The molecule has 0 aliphatic carbocycles. The minimum atomic E-state index is -0.0396. The van der Waals surface area contributed by atoms with Crippen LogP contribution >= 0.6 is 11.6 Å². The van der Waals surface area contributed by atoms with Gasteiger partial charge in [-0.25, -0.2) is 0 Å². The second-order valence-corrected chi connectivity index (χ2v) is 5.19. The Kier molecular flexibility index (Phi) is 2.84. The summed E-state index contributed by atoms with van der Waals surface area (Å²) in [7, 11) is 0. The molecule has 2 aliphatic rings. The molecule has 3 rings (SSSR count). The highest BCUT2D eigenvalue weighted by molar-refractivity contribution is 6.29. The van der Waals surface area contributed by atoms with Gasteiger partial charge in [0.05, 0.1) is 0 Å². The van der Waals surface area contributed by atoms with E-state index in [1.54, 1.807) is 12.1 Å². The van der Waals surface area contributed by atoms with Gasteiger partial charge in [-0.15, -0.1) is 0 Å². The van der Waals surface area contributed by atoms with Gasteiger partial charge in [0.15, 0.2) is 11.0 Å². The third-order valence-electron chi connectivity index (χ3n) is 3.78. The van der Waals surface area contributed by atoms with E-state index in [1.165, 1.54) is 0 Å². The number of rotatable bonds is 1. The predicted octanol–water partition coefficient (Wildman–Crippen LogP) is 1.61. The highest BCUT2D eigenvalue weighted by Crippen LogP contribution is 2.27. The van der Waals surface area contributed by atoms with Crippen molar-refractivity contribution >= 4 is 17.5 Å². The van der Waals surface area contributed by atoms with Crippen LogP contribution in [0.4, 0.5) is 0 Å². The van der Waals surface area contributed by atoms with Crippen LogP contribution in [-0.2, 0) is 0 Å². The number of carbonyl (C=O) groups excluding carboxylic acids is 1. The Hall–Kier alpha value is -1.00. The highest BCUT2D eigenvalue weighted by atomic mass is 35.5. The number of likely N-dealkylation sites (tertiary alicyclic amines) is 1. The molecule has 4 nitrogen and oxygen atoms in total. The Morgan fingerprint density at radius 1 is 1.41 bits per heavy atom. The van der Waals surface area contributed by atoms with Crippen molar-refractivity contribution in [3.8, 4) is 0 Å². The number of nitrogens with zero attached hydrogens (tertiary/aromatic N) is 1. The number of halogens is 1. The molecule has 2 aliphatic heterocycles. The maximum atomic E-state index is 12.2. The minimum Gasteiger partial charge on any atom is -0.440 e. The predicted molar refractivity (Wildman–Crippen MR) is 64.1 cm³/mol. The first-order valence-electron chi connectivity index (χ1n) is 5.99. The molecule has 17 heavy (non-hydrogen) atoms. The Balaban J connectivity index is 1.70. The molecule has 0 saturated carbocycles. The monoisotopic (exact) mass is 254 g/mol. The summed E-state index contributed by atoms with van der Waals surface area (Å²) in [5, 5.41) is 3.65. The molecule has 1 aromatic heterocycles. The van der Waals surface area contributed by atoms with Gasteiger partial charge in [0.1, 0.15) is 0 Å². The molecule has 3 heterocycles. The number of fused-ring (bicyclic) bond motifs is 1. The third-order valence-corrected chi connectivity index (χ3v) is 3.98. The molecule has 92 valence electrons. The molecule has 0 spiro atoms. The van der Waals surface area contributed by atoms with E-state index in [0.717, 1.165) is 38.5 Å². The number of furan rings is 1. The summed E-state index contributed by atoms with van der Waals surface area (Å²) >= 11 is 5.69. The van der Waals surface area contributed by atoms with Gasteiger partial charge in [-0.3, -0.25) is 4.79 Å². The van der Waals surface area contributed by atoms with Crippen LogP contribution in [0.5, 0.6) is 0 Å². The smallest absolute Gasteiger partial charge is 0.289 e. The number of piperidine rings is 1. The lowest BCUT2D eigenvalue weighted by Crippen LogP contribution is -2.43. The topological polar surface area (TPSA) is 45.5 Å². The lowest BCUT2D eigenvalue weighted by atomic mass is 9.88. The summed E-state index contributed by atoms with van der Waals surface area (Å²) in [5.74, 6) is 1.64. The molecule has 2 atom stereocenters. The molecule has 2 saturated heterocycles. The lowest BCUT2D eigenvalue weighted by Gasteiger charge is -2.33. The number of carbonyl (C=O) groups is 1. The first-order chi connectivity index (χ1) is 8.24. The van der Waals surface area contributed by atoms with E-state index in [0.29, 0.717) is 11.7 Å². The SMILES string of the molecule is O=C(c1ccc(Cl)o1)N1CCC2CNCC2C1. The van der Waals surface area contributed by atoms with Crippen molar-refractivity contribution in [3.63, 3.8) is 0 Å². The molecule has 2 unspecified atom stereocenters. The van der Waals surface area contributed by atoms with Crippen LogP contribution < -0.4 is 5.32 Å². The first kappa shape index (κ1) is 11.1. The maximum absolute atomic E-state index is 12.2. The van der Waals surface area contributed by atoms with Crippen molar-refractivity contribution in [1.82, 2.24) is 10.2 Å². The molecule has 1 N–H and O–H groups in total. The van der Waals surface area contributed by atoms with E-state index in [9.17, 15) is 4.79 Å². The number of hydrogen-bond acceptors (Lipinski definition) is 3. The Bertz CT molecular complexity index is 432. The zero-order chi connectivity index (χ0) is 11.8. The van der Waals surface area contributed by atoms with Crippen LogP contribution in [0, 0.1) is 11.8 Å². The summed E-state index contributed by atoms with van der Waals surface area (Å²) in [6, 6.07) is 3.25. The van der Waals surface area contributed by atoms with Crippen molar-refractivity contribution in [2.45, 2.75) is 6.42 Å². The van der Waals surface area contributed by atoms with E-state index < -0.39 is 0 Å². The van der Waals surface area contributed by atoms with Gasteiger partial charge < -0.3 is 14.6 Å². The molecule has 1 amide bonds. The average molecular weight is 255 g/mol. The van der Waals surface area contributed by atoms with Gasteiger partial charge in [0, 0.05) is 13.1 Å². The maximum Gasteiger partial charge on any atom is 0.289 e.